The first-order chi connectivity index (χ1) is 13.6. The van der Waals surface area contributed by atoms with Crippen LogP contribution < -0.4 is 14.8 Å². The first kappa shape index (κ1) is 18.5. The van der Waals surface area contributed by atoms with Crippen LogP contribution in [0.1, 0.15) is 36.7 Å². The van der Waals surface area contributed by atoms with E-state index in [4.69, 9.17) is 9.47 Å². The zero-order valence-electron chi connectivity index (χ0n) is 15.8. The van der Waals surface area contributed by atoms with E-state index in [0.717, 1.165) is 23.0 Å². The van der Waals surface area contributed by atoms with E-state index in [1.54, 1.807) is 6.07 Å². The molecule has 0 amide bonds. The van der Waals surface area contributed by atoms with Crippen molar-refractivity contribution in [2.45, 2.75) is 26.4 Å². The summed E-state index contributed by atoms with van der Waals surface area (Å²) in [7, 11) is 0. The number of rotatable bonds is 5. The van der Waals surface area contributed by atoms with Crippen molar-refractivity contribution >= 4 is 0 Å². The van der Waals surface area contributed by atoms with Crippen molar-refractivity contribution < 1.29 is 18.3 Å². The standard InChI is InChI=1S/C22H22F2N2O2/c1-3-27-19-11-14-13-25-22(15-7-5-8-16(23)21(15)24)17-9-6-10-26(17)18(14)12-20(19)28-4-2/h5-12,22,25H,3-4,13H2,1-2H3/t22-/m1/s1. The second kappa shape index (κ2) is 7.64. The van der Waals surface area contributed by atoms with Crippen molar-refractivity contribution in [1.82, 2.24) is 9.88 Å². The second-order valence-electron chi connectivity index (χ2n) is 6.55. The number of benzene rings is 2. The highest BCUT2D eigenvalue weighted by Gasteiger charge is 2.27. The second-order valence-corrected chi connectivity index (χ2v) is 6.55. The first-order valence-corrected chi connectivity index (χ1v) is 9.41. The average molecular weight is 384 g/mol. The number of ether oxygens (including phenoxy) is 2. The van der Waals surface area contributed by atoms with Crippen molar-refractivity contribution in [3.63, 3.8) is 0 Å². The minimum atomic E-state index is -0.851. The van der Waals surface area contributed by atoms with Crippen LogP contribution in [0.2, 0.25) is 0 Å². The molecule has 0 saturated heterocycles. The molecule has 28 heavy (non-hydrogen) atoms. The van der Waals surface area contributed by atoms with Gasteiger partial charge >= 0.3 is 0 Å². The van der Waals surface area contributed by atoms with Gasteiger partial charge in [-0.1, -0.05) is 12.1 Å². The van der Waals surface area contributed by atoms with Gasteiger partial charge in [0.15, 0.2) is 23.1 Å². The first-order valence-electron chi connectivity index (χ1n) is 9.41. The summed E-state index contributed by atoms with van der Waals surface area (Å²) < 4.78 is 41.8. The smallest absolute Gasteiger partial charge is 0.163 e. The third-order valence-corrected chi connectivity index (χ3v) is 4.87. The summed E-state index contributed by atoms with van der Waals surface area (Å²) in [6.45, 7) is 5.37. The maximum absolute atomic E-state index is 14.5. The summed E-state index contributed by atoms with van der Waals surface area (Å²) in [4.78, 5) is 0. The van der Waals surface area contributed by atoms with E-state index in [2.05, 4.69) is 5.32 Å². The molecule has 1 atom stereocenters. The van der Waals surface area contributed by atoms with Crippen LogP contribution in [0.25, 0.3) is 5.69 Å². The van der Waals surface area contributed by atoms with E-state index < -0.39 is 17.7 Å². The van der Waals surface area contributed by atoms with Gasteiger partial charge in [-0.3, -0.25) is 0 Å². The van der Waals surface area contributed by atoms with Gasteiger partial charge in [0.25, 0.3) is 0 Å². The van der Waals surface area contributed by atoms with Gasteiger partial charge < -0.3 is 19.4 Å². The maximum Gasteiger partial charge on any atom is 0.163 e. The van der Waals surface area contributed by atoms with E-state index in [1.165, 1.54) is 6.07 Å². The summed E-state index contributed by atoms with van der Waals surface area (Å²) in [5.74, 6) is -0.340. The fraction of sp³-hybridized carbons (Fsp3) is 0.273. The molecule has 0 bridgehead atoms. The van der Waals surface area contributed by atoms with Crippen LogP contribution in [0.4, 0.5) is 8.78 Å². The number of hydrogen-bond donors (Lipinski definition) is 1. The molecule has 1 aliphatic rings. The fourth-order valence-electron chi connectivity index (χ4n) is 3.67. The zero-order valence-corrected chi connectivity index (χ0v) is 15.8. The number of nitrogens with zero attached hydrogens (tertiary/aromatic N) is 1. The molecule has 1 aromatic heterocycles. The largest absolute Gasteiger partial charge is 0.490 e. The lowest BCUT2D eigenvalue weighted by atomic mass is 10.0. The molecule has 2 aromatic carbocycles. The van der Waals surface area contributed by atoms with Gasteiger partial charge in [-0.25, -0.2) is 8.78 Å². The highest BCUT2D eigenvalue weighted by molar-refractivity contribution is 5.56. The highest BCUT2D eigenvalue weighted by atomic mass is 19.2. The van der Waals surface area contributed by atoms with Gasteiger partial charge in [-0.2, -0.15) is 0 Å². The molecule has 0 aliphatic carbocycles. The lowest BCUT2D eigenvalue weighted by molar-refractivity contribution is 0.287. The molecular weight excluding hydrogens is 362 g/mol. The molecule has 2 heterocycles. The molecule has 0 unspecified atom stereocenters. The van der Waals surface area contributed by atoms with Gasteiger partial charge in [0.1, 0.15) is 0 Å². The molecule has 146 valence electrons. The van der Waals surface area contributed by atoms with Crippen molar-refractivity contribution in [3.05, 3.63) is 77.1 Å². The Labute approximate surface area is 162 Å². The quantitative estimate of drug-likeness (QED) is 0.690. The van der Waals surface area contributed by atoms with Gasteiger partial charge in [0.05, 0.1) is 24.9 Å². The molecule has 0 fully saturated rings. The minimum Gasteiger partial charge on any atom is -0.490 e. The highest BCUT2D eigenvalue weighted by Crippen LogP contribution is 2.38. The third-order valence-electron chi connectivity index (χ3n) is 4.87. The average Bonchev–Trinajstić information content (AvgIpc) is 3.11. The Kier molecular flexibility index (Phi) is 5.05. The molecule has 4 rings (SSSR count). The lowest BCUT2D eigenvalue weighted by Crippen LogP contribution is -2.22. The van der Waals surface area contributed by atoms with Crippen LogP contribution in [-0.4, -0.2) is 17.8 Å². The maximum atomic E-state index is 14.5. The Balaban J connectivity index is 1.85. The van der Waals surface area contributed by atoms with E-state index in [1.807, 2.05) is 48.9 Å². The molecule has 0 radical (unpaired) electrons. The van der Waals surface area contributed by atoms with E-state index >= 15 is 0 Å². The lowest BCUT2D eigenvalue weighted by Gasteiger charge is -2.19. The van der Waals surface area contributed by atoms with E-state index in [-0.39, 0.29) is 5.56 Å². The van der Waals surface area contributed by atoms with Gasteiger partial charge in [-0.05, 0) is 43.7 Å². The zero-order chi connectivity index (χ0) is 19.7. The van der Waals surface area contributed by atoms with Crippen LogP contribution >= 0.6 is 0 Å². The Hall–Kier alpha value is -2.86. The van der Waals surface area contributed by atoms with Crippen molar-refractivity contribution in [1.29, 1.82) is 0 Å². The summed E-state index contributed by atoms with van der Waals surface area (Å²) in [5, 5.41) is 3.36. The van der Waals surface area contributed by atoms with Crippen LogP contribution in [-0.2, 0) is 6.54 Å². The molecular formula is C22H22F2N2O2. The topological polar surface area (TPSA) is 35.4 Å². The predicted molar refractivity (Wildman–Crippen MR) is 103 cm³/mol. The molecule has 6 heteroatoms. The van der Waals surface area contributed by atoms with Crippen LogP contribution in [0, 0.1) is 11.6 Å². The Bertz CT molecular complexity index is 1000. The van der Waals surface area contributed by atoms with Crippen molar-refractivity contribution in [2.24, 2.45) is 0 Å². The Morgan fingerprint density at radius 1 is 1.04 bits per heavy atom. The molecule has 1 N–H and O–H groups in total. The van der Waals surface area contributed by atoms with Gasteiger partial charge in [0.2, 0.25) is 0 Å². The fourth-order valence-corrected chi connectivity index (χ4v) is 3.67. The molecule has 1 aliphatic heterocycles. The molecule has 4 nitrogen and oxygen atoms in total. The number of fused-ring (bicyclic) bond motifs is 3. The number of halogens is 2. The van der Waals surface area contributed by atoms with Crippen molar-refractivity contribution in [2.75, 3.05) is 13.2 Å². The summed E-state index contributed by atoms with van der Waals surface area (Å²) in [6, 6.07) is 11.5. The third kappa shape index (κ3) is 3.14. The monoisotopic (exact) mass is 384 g/mol. The molecule has 3 aromatic rings. The van der Waals surface area contributed by atoms with E-state index in [9.17, 15) is 8.78 Å². The predicted octanol–water partition coefficient (Wildman–Crippen LogP) is 4.75. The van der Waals surface area contributed by atoms with E-state index in [0.29, 0.717) is 31.3 Å². The minimum absolute atomic E-state index is 0.280. The number of aromatic nitrogens is 1. The summed E-state index contributed by atoms with van der Waals surface area (Å²) in [6.07, 6.45) is 1.92. The molecule has 0 spiro atoms. The summed E-state index contributed by atoms with van der Waals surface area (Å²) in [5.41, 5.74) is 3.03. The normalized spacial score (nSPS) is 15.5. The van der Waals surface area contributed by atoms with Crippen molar-refractivity contribution in [3.8, 4) is 17.2 Å². The number of hydrogen-bond acceptors (Lipinski definition) is 3. The van der Waals surface area contributed by atoms with Crippen LogP contribution in [0.15, 0.2) is 48.7 Å². The van der Waals surface area contributed by atoms with Crippen LogP contribution in [0.5, 0.6) is 11.5 Å². The van der Waals surface area contributed by atoms with Gasteiger partial charge in [-0.15, -0.1) is 0 Å². The Morgan fingerprint density at radius 2 is 1.79 bits per heavy atom. The summed E-state index contributed by atoms with van der Waals surface area (Å²) >= 11 is 0. The Morgan fingerprint density at radius 3 is 2.54 bits per heavy atom. The SMILES string of the molecule is CCOc1cc2c(cc1OCC)-n1cccc1[C@@H](c1cccc(F)c1F)NC2. The van der Waals surface area contributed by atoms with Crippen LogP contribution in [0.3, 0.4) is 0 Å². The van der Waals surface area contributed by atoms with Gasteiger partial charge in [0, 0.05) is 30.1 Å². The molecule has 0 saturated carbocycles. The number of nitrogens with one attached hydrogen (secondary N) is 1.